The van der Waals surface area contributed by atoms with Crippen molar-refractivity contribution in [2.45, 2.75) is 52.6 Å². The van der Waals surface area contributed by atoms with Crippen molar-refractivity contribution in [1.29, 1.82) is 0 Å². The van der Waals surface area contributed by atoms with Crippen LogP contribution in [-0.4, -0.2) is 63.8 Å². The van der Waals surface area contributed by atoms with Crippen LogP contribution in [0, 0.1) is 5.41 Å². The van der Waals surface area contributed by atoms with Gasteiger partial charge in [-0.1, -0.05) is 20.8 Å². The molecule has 0 saturated carbocycles. The molecule has 0 radical (unpaired) electrons. The maximum absolute atomic E-state index is 5.56. The van der Waals surface area contributed by atoms with Crippen LogP contribution in [0.2, 0.25) is 0 Å². The third kappa shape index (κ3) is 7.45. The number of unbranched alkanes of at least 4 members (excludes halogenated alkanes) is 1. The van der Waals surface area contributed by atoms with Gasteiger partial charge < -0.3 is 20.3 Å². The van der Waals surface area contributed by atoms with Crippen LogP contribution in [0.5, 0.6) is 0 Å². The van der Waals surface area contributed by atoms with Crippen molar-refractivity contribution in [2.24, 2.45) is 10.4 Å². The minimum Gasteiger partial charge on any atom is -0.379 e. The van der Waals surface area contributed by atoms with Gasteiger partial charge in [-0.25, -0.2) is 0 Å². The Bertz CT molecular complexity index is 319. The third-order valence-electron chi connectivity index (χ3n) is 4.32. The molecule has 1 aliphatic rings. The summed E-state index contributed by atoms with van der Waals surface area (Å²) in [5, 5.41) is 6.75. The normalized spacial score (nSPS) is 18.5. The minimum absolute atomic E-state index is 0.121. The Kier molecular flexibility index (Phi) is 8.79. The standard InChI is InChI=1S/C17H36N4O/c1-17(2,3)15(22-5)14-20-16(18-4)19-10-6-7-11-21-12-8-9-13-21/h15H,6-14H2,1-5H3,(H2,18,19,20). The van der Waals surface area contributed by atoms with Crippen molar-refractivity contribution in [3.63, 3.8) is 0 Å². The van der Waals surface area contributed by atoms with Gasteiger partial charge in [0.05, 0.1) is 6.10 Å². The lowest BCUT2D eigenvalue weighted by Gasteiger charge is -2.30. The molecule has 1 atom stereocenters. The van der Waals surface area contributed by atoms with Gasteiger partial charge in [-0.3, -0.25) is 4.99 Å². The van der Waals surface area contributed by atoms with Gasteiger partial charge in [-0.05, 0) is 50.7 Å². The van der Waals surface area contributed by atoms with Crippen LogP contribution in [0.4, 0.5) is 0 Å². The zero-order valence-electron chi connectivity index (χ0n) is 15.2. The van der Waals surface area contributed by atoms with E-state index in [2.05, 4.69) is 41.3 Å². The van der Waals surface area contributed by atoms with Gasteiger partial charge in [-0.2, -0.15) is 0 Å². The van der Waals surface area contributed by atoms with Crippen LogP contribution in [-0.2, 0) is 4.74 Å². The number of hydrogen-bond acceptors (Lipinski definition) is 3. The quantitative estimate of drug-likeness (QED) is 0.409. The fourth-order valence-corrected chi connectivity index (χ4v) is 2.83. The molecule has 0 aromatic carbocycles. The summed E-state index contributed by atoms with van der Waals surface area (Å²) in [4.78, 5) is 6.85. The van der Waals surface area contributed by atoms with Gasteiger partial charge in [0.2, 0.25) is 0 Å². The Hall–Kier alpha value is -0.810. The van der Waals surface area contributed by atoms with Gasteiger partial charge in [0.25, 0.3) is 0 Å². The number of guanidine groups is 1. The van der Waals surface area contributed by atoms with E-state index in [1.807, 2.05) is 7.05 Å². The highest BCUT2D eigenvalue weighted by Crippen LogP contribution is 2.20. The first-order chi connectivity index (χ1) is 10.5. The predicted octanol–water partition coefficient (Wildman–Crippen LogP) is 2.09. The smallest absolute Gasteiger partial charge is 0.191 e. The second kappa shape index (κ2) is 10.1. The minimum atomic E-state index is 0.121. The summed E-state index contributed by atoms with van der Waals surface area (Å²) in [5.41, 5.74) is 0.121. The van der Waals surface area contributed by atoms with Gasteiger partial charge in [0.15, 0.2) is 5.96 Å². The first-order valence-electron chi connectivity index (χ1n) is 8.67. The highest BCUT2D eigenvalue weighted by Gasteiger charge is 2.24. The van der Waals surface area contributed by atoms with Crippen molar-refractivity contribution >= 4 is 5.96 Å². The lowest BCUT2D eigenvalue weighted by Crippen LogP contribution is -2.45. The lowest BCUT2D eigenvalue weighted by atomic mass is 9.89. The molecule has 0 aromatic rings. The maximum Gasteiger partial charge on any atom is 0.191 e. The second-order valence-corrected chi connectivity index (χ2v) is 7.23. The van der Waals surface area contributed by atoms with Gasteiger partial charge in [0, 0.05) is 27.2 Å². The maximum atomic E-state index is 5.56. The Morgan fingerprint density at radius 3 is 2.41 bits per heavy atom. The Labute approximate surface area is 136 Å². The summed E-state index contributed by atoms with van der Waals surface area (Å²) in [6, 6.07) is 0. The van der Waals surface area contributed by atoms with Gasteiger partial charge in [-0.15, -0.1) is 0 Å². The summed E-state index contributed by atoms with van der Waals surface area (Å²) in [5.74, 6) is 0.868. The average Bonchev–Trinajstić information content (AvgIpc) is 2.97. The summed E-state index contributed by atoms with van der Waals surface area (Å²) in [6.07, 6.45) is 5.37. The van der Waals surface area contributed by atoms with E-state index in [4.69, 9.17) is 4.74 Å². The molecule has 5 heteroatoms. The van der Waals surface area contributed by atoms with Gasteiger partial charge in [0.1, 0.15) is 0 Å². The van der Waals surface area contributed by atoms with E-state index in [1.165, 1.54) is 45.3 Å². The monoisotopic (exact) mass is 312 g/mol. The van der Waals surface area contributed by atoms with Crippen LogP contribution in [0.1, 0.15) is 46.5 Å². The molecule has 0 aromatic heterocycles. The zero-order chi connectivity index (χ0) is 16.4. The number of hydrogen-bond donors (Lipinski definition) is 2. The van der Waals surface area contributed by atoms with E-state index in [0.717, 1.165) is 19.0 Å². The van der Waals surface area contributed by atoms with E-state index < -0.39 is 0 Å². The van der Waals surface area contributed by atoms with E-state index in [1.54, 1.807) is 7.11 Å². The Morgan fingerprint density at radius 1 is 1.18 bits per heavy atom. The Balaban J connectivity index is 2.13. The molecule has 2 N–H and O–H groups in total. The lowest BCUT2D eigenvalue weighted by molar-refractivity contribution is 0.0205. The summed E-state index contributed by atoms with van der Waals surface area (Å²) in [6.45, 7) is 12.1. The second-order valence-electron chi connectivity index (χ2n) is 7.23. The first-order valence-corrected chi connectivity index (χ1v) is 8.67. The molecule has 1 aliphatic heterocycles. The molecule has 0 aliphatic carbocycles. The van der Waals surface area contributed by atoms with Crippen molar-refractivity contribution in [3.8, 4) is 0 Å². The van der Waals surface area contributed by atoms with Crippen LogP contribution in [0.3, 0.4) is 0 Å². The fraction of sp³-hybridized carbons (Fsp3) is 0.941. The number of aliphatic imine (C=N–C) groups is 1. The van der Waals surface area contributed by atoms with Crippen LogP contribution < -0.4 is 10.6 Å². The number of methoxy groups -OCH3 is 1. The largest absolute Gasteiger partial charge is 0.379 e. The van der Waals surface area contributed by atoms with Crippen LogP contribution >= 0.6 is 0 Å². The molecular weight excluding hydrogens is 276 g/mol. The Morgan fingerprint density at radius 2 is 1.86 bits per heavy atom. The third-order valence-corrected chi connectivity index (χ3v) is 4.32. The van der Waals surface area contributed by atoms with Crippen molar-refractivity contribution in [2.75, 3.05) is 46.9 Å². The topological polar surface area (TPSA) is 48.9 Å². The zero-order valence-corrected chi connectivity index (χ0v) is 15.2. The van der Waals surface area contributed by atoms with E-state index >= 15 is 0 Å². The highest BCUT2D eigenvalue weighted by molar-refractivity contribution is 5.79. The molecule has 0 spiro atoms. The van der Waals surface area contributed by atoms with Crippen LogP contribution in [0.15, 0.2) is 4.99 Å². The molecule has 0 amide bonds. The molecule has 22 heavy (non-hydrogen) atoms. The fourth-order valence-electron chi connectivity index (χ4n) is 2.83. The molecule has 1 unspecified atom stereocenters. The summed E-state index contributed by atoms with van der Waals surface area (Å²) < 4.78 is 5.56. The molecule has 5 nitrogen and oxygen atoms in total. The van der Waals surface area contributed by atoms with Gasteiger partial charge >= 0.3 is 0 Å². The average molecular weight is 313 g/mol. The molecule has 1 rings (SSSR count). The SMILES string of the molecule is CN=C(NCCCCN1CCCC1)NCC(OC)C(C)(C)C. The highest BCUT2D eigenvalue weighted by atomic mass is 16.5. The number of likely N-dealkylation sites (tertiary alicyclic amines) is 1. The van der Waals surface area contributed by atoms with E-state index in [0.29, 0.717) is 0 Å². The number of nitrogens with zero attached hydrogens (tertiary/aromatic N) is 2. The van der Waals surface area contributed by atoms with E-state index in [-0.39, 0.29) is 11.5 Å². The summed E-state index contributed by atoms with van der Waals surface area (Å²) in [7, 11) is 3.59. The van der Waals surface area contributed by atoms with Crippen molar-refractivity contribution in [1.82, 2.24) is 15.5 Å². The molecule has 130 valence electrons. The molecule has 1 fully saturated rings. The molecular formula is C17H36N4O. The number of nitrogens with one attached hydrogen (secondary N) is 2. The molecule has 0 bridgehead atoms. The number of rotatable bonds is 8. The van der Waals surface area contributed by atoms with E-state index in [9.17, 15) is 0 Å². The van der Waals surface area contributed by atoms with Crippen molar-refractivity contribution in [3.05, 3.63) is 0 Å². The first kappa shape index (κ1) is 19.2. The molecule has 1 heterocycles. The summed E-state index contributed by atoms with van der Waals surface area (Å²) >= 11 is 0. The molecule has 1 saturated heterocycles. The van der Waals surface area contributed by atoms with Crippen LogP contribution in [0.25, 0.3) is 0 Å². The predicted molar refractivity (Wildman–Crippen MR) is 94.5 cm³/mol. The van der Waals surface area contributed by atoms with Crippen molar-refractivity contribution < 1.29 is 4.74 Å². The number of ether oxygens (including phenoxy) is 1.